The number of rotatable bonds is 4. The number of nitrogens with two attached hydrogens (primary N) is 1. The van der Waals surface area contributed by atoms with Gasteiger partial charge >= 0.3 is 0 Å². The van der Waals surface area contributed by atoms with Crippen molar-refractivity contribution < 1.29 is 4.79 Å². The van der Waals surface area contributed by atoms with Gasteiger partial charge in [0.05, 0.1) is 5.41 Å². The molecule has 0 heterocycles. The number of hydrogen-bond donors (Lipinski definition) is 2. The fraction of sp³-hybridized carbons (Fsp3) is 0.720. The molecule has 5 fully saturated rings. The Hall–Kier alpha value is -1.35. The normalized spacial score (nSPS) is 44.4. The lowest BCUT2D eigenvalue weighted by Crippen LogP contribution is -2.62. The molecule has 3 N–H and O–H groups in total. The molecule has 6 rings (SSSR count). The Labute approximate surface area is 169 Å². The molecule has 0 saturated heterocycles. The highest BCUT2D eigenvalue weighted by Gasteiger charge is 2.64. The van der Waals surface area contributed by atoms with E-state index < -0.39 is 0 Å². The molecule has 0 spiro atoms. The molecule has 3 heteroatoms. The van der Waals surface area contributed by atoms with Gasteiger partial charge in [-0.1, -0.05) is 37.3 Å². The Bertz CT molecular complexity index is 740. The van der Waals surface area contributed by atoms with Crippen LogP contribution in [0.5, 0.6) is 0 Å². The van der Waals surface area contributed by atoms with Crippen molar-refractivity contribution in [3.63, 3.8) is 0 Å². The van der Waals surface area contributed by atoms with Crippen molar-refractivity contribution in [1.82, 2.24) is 5.32 Å². The van der Waals surface area contributed by atoms with E-state index in [9.17, 15) is 4.79 Å². The molecule has 3 unspecified atom stereocenters. The molecule has 152 valence electrons. The smallest absolute Gasteiger partial charge is 0.226 e. The molecule has 1 amide bonds. The maximum absolute atomic E-state index is 13.7. The molecule has 28 heavy (non-hydrogen) atoms. The van der Waals surface area contributed by atoms with Crippen molar-refractivity contribution in [2.75, 3.05) is 6.54 Å². The van der Waals surface area contributed by atoms with Gasteiger partial charge in [-0.3, -0.25) is 4.79 Å². The quantitative estimate of drug-likeness (QED) is 0.805. The number of benzene rings is 1. The van der Waals surface area contributed by atoms with Gasteiger partial charge in [0.1, 0.15) is 0 Å². The molecule has 0 aliphatic heterocycles. The second-order valence-electron chi connectivity index (χ2n) is 11.2. The minimum Gasteiger partial charge on any atom is -0.353 e. The molecular weight excluding hydrogens is 344 g/mol. The highest BCUT2D eigenvalue weighted by molar-refractivity contribution is 5.84. The highest BCUT2D eigenvalue weighted by atomic mass is 16.2. The van der Waals surface area contributed by atoms with Gasteiger partial charge < -0.3 is 11.1 Å². The molecule has 5 saturated carbocycles. The molecule has 1 aromatic carbocycles. The number of carbonyl (C=O) groups excluding carboxylic acids is 1. The van der Waals surface area contributed by atoms with Crippen LogP contribution in [0.1, 0.15) is 76.7 Å². The first-order chi connectivity index (χ1) is 13.4. The molecule has 4 bridgehead atoms. The number of carbonyl (C=O) groups is 1. The van der Waals surface area contributed by atoms with Crippen LogP contribution in [0.3, 0.4) is 0 Å². The topological polar surface area (TPSA) is 55.1 Å². The van der Waals surface area contributed by atoms with Crippen LogP contribution in [0.2, 0.25) is 0 Å². The lowest BCUT2D eigenvalue weighted by atomic mass is 9.38. The molecule has 5 aliphatic rings. The lowest BCUT2D eigenvalue weighted by Gasteiger charge is -2.65. The van der Waals surface area contributed by atoms with Gasteiger partial charge in [-0.2, -0.15) is 0 Å². The molecule has 5 aliphatic carbocycles. The molecule has 1 aromatic rings. The summed E-state index contributed by atoms with van der Waals surface area (Å²) in [6.45, 7) is 3.26. The Balaban J connectivity index is 1.39. The van der Waals surface area contributed by atoms with Crippen LogP contribution in [0.15, 0.2) is 30.3 Å². The molecule has 3 nitrogen and oxygen atoms in total. The largest absolute Gasteiger partial charge is 0.353 e. The summed E-state index contributed by atoms with van der Waals surface area (Å²) < 4.78 is 0. The predicted octanol–water partition coefficient (Wildman–Crippen LogP) is 4.55. The number of hydrogen-bond acceptors (Lipinski definition) is 2. The SMILES string of the molecule is CC12C[C@H]3CC(C(=O)NC4CCC(CN)CC4)(C1)CC(c1ccccc1)(C3)C2. The van der Waals surface area contributed by atoms with E-state index >= 15 is 0 Å². The van der Waals surface area contributed by atoms with E-state index in [4.69, 9.17) is 5.73 Å². The average molecular weight is 381 g/mol. The summed E-state index contributed by atoms with van der Waals surface area (Å²) in [5.74, 6) is 1.74. The maximum Gasteiger partial charge on any atom is 0.226 e. The van der Waals surface area contributed by atoms with Crippen LogP contribution < -0.4 is 11.1 Å². The van der Waals surface area contributed by atoms with E-state index in [1.54, 1.807) is 0 Å². The van der Waals surface area contributed by atoms with Gasteiger partial charge in [0.2, 0.25) is 5.91 Å². The van der Waals surface area contributed by atoms with Crippen LogP contribution >= 0.6 is 0 Å². The first kappa shape index (κ1) is 18.7. The Morgan fingerprint density at radius 1 is 1.04 bits per heavy atom. The van der Waals surface area contributed by atoms with E-state index in [0.29, 0.717) is 29.2 Å². The minimum absolute atomic E-state index is 0.144. The summed E-state index contributed by atoms with van der Waals surface area (Å²) in [5.41, 5.74) is 7.72. The highest BCUT2D eigenvalue weighted by Crippen LogP contribution is 2.70. The molecular formula is C25H36N2O. The van der Waals surface area contributed by atoms with E-state index in [1.165, 1.54) is 37.7 Å². The van der Waals surface area contributed by atoms with E-state index in [-0.39, 0.29) is 10.8 Å². The van der Waals surface area contributed by atoms with Gasteiger partial charge in [-0.25, -0.2) is 0 Å². The lowest BCUT2D eigenvalue weighted by molar-refractivity contribution is -0.161. The van der Waals surface area contributed by atoms with Crippen molar-refractivity contribution >= 4 is 5.91 Å². The van der Waals surface area contributed by atoms with Gasteiger partial charge in [0.15, 0.2) is 0 Å². The second-order valence-corrected chi connectivity index (χ2v) is 11.2. The maximum atomic E-state index is 13.7. The van der Waals surface area contributed by atoms with Crippen LogP contribution in [-0.2, 0) is 10.2 Å². The van der Waals surface area contributed by atoms with Crippen molar-refractivity contribution in [2.45, 2.75) is 82.6 Å². The molecule has 4 atom stereocenters. The summed E-state index contributed by atoms with van der Waals surface area (Å²) in [6, 6.07) is 11.5. The summed E-state index contributed by atoms with van der Waals surface area (Å²) in [4.78, 5) is 13.7. The van der Waals surface area contributed by atoms with Crippen LogP contribution in [0.4, 0.5) is 0 Å². The van der Waals surface area contributed by atoms with Gasteiger partial charge in [-0.15, -0.1) is 0 Å². The van der Waals surface area contributed by atoms with Gasteiger partial charge in [0.25, 0.3) is 0 Å². The van der Waals surface area contributed by atoms with Gasteiger partial charge in [-0.05, 0) is 99.0 Å². The Kier molecular flexibility index (Phi) is 4.39. The number of nitrogens with one attached hydrogen (secondary N) is 1. The summed E-state index contributed by atoms with van der Waals surface area (Å²) >= 11 is 0. The Morgan fingerprint density at radius 3 is 2.46 bits per heavy atom. The van der Waals surface area contributed by atoms with Gasteiger partial charge in [0, 0.05) is 6.04 Å². The fourth-order valence-corrected chi connectivity index (χ4v) is 8.17. The number of amides is 1. The third-order valence-corrected chi connectivity index (χ3v) is 8.73. The monoisotopic (exact) mass is 380 g/mol. The van der Waals surface area contributed by atoms with E-state index in [0.717, 1.165) is 38.6 Å². The van der Waals surface area contributed by atoms with E-state index in [2.05, 4.69) is 42.6 Å². The summed E-state index contributed by atoms with van der Waals surface area (Å²) in [7, 11) is 0. The third-order valence-electron chi connectivity index (χ3n) is 8.73. The molecule has 0 aromatic heterocycles. The average Bonchev–Trinajstić information content (AvgIpc) is 2.67. The third kappa shape index (κ3) is 3.01. The second kappa shape index (κ2) is 6.58. The fourth-order valence-electron chi connectivity index (χ4n) is 8.17. The van der Waals surface area contributed by atoms with Crippen molar-refractivity contribution in [2.24, 2.45) is 28.4 Å². The first-order valence-corrected chi connectivity index (χ1v) is 11.5. The standard InChI is InChI=1S/C25H36N2O/c1-23-11-19-12-24(15-23,20-5-3-2-4-6-20)17-25(13-19,16-23)22(28)27-21-9-7-18(14-26)8-10-21/h2-6,18-19,21H,7-17,26H2,1H3,(H,27,28)/t18?,19-,21?,23?,24?,25?/m1/s1. The van der Waals surface area contributed by atoms with Crippen molar-refractivity contribution in [3.05, 3.63) is 35.9 Å². The zero-order chi connectivity index (χ0) is 19.4. The van der Waals surface area contributed by atoms with Crippen LogP contribution in [-0.4, -0.2) is 18.5 Å². The zero-order valence-electron chi connectivity index (χ0n) is 17.4. The minimum atomic E-state index is -0.144. The van der Waals surface area contributed by atoms with Crippen LogP contribution in [0.25, 0.3) is 0 Å². The van der Waals surface area contributed by atoms with Crippen molar-refractivity contribution in [3.8, 4) is 0 Å². The first-order valence-electron chi connectivity index (χ1n) is 11.5. The predicted molar refractivity (Wildman–Crippen MR) is 113 cm³/mol. The Morgan fingerprint density at radius 2 is 1.79 bits per heavy atom. The van der Waals surface area contributed by atoms with Crippen LogP contribution in [0, 0.1) is 22.7 Å². The molecule has 0 radical (unpaired) electrons. The summed E-state index contributed by atoms with van der Waals surface area (Å²) in [6.07, 6.45) is 11.7. The van der Waals surface area contributed by atoms with E-state index in [1.807, 2.05) is 0 Å². The zero-order valence-corrected chi connectivity index (χ0v) is 17.4. The van der Waals surface area contributed by atoms with Crippen molar-refractivity contribution in [1.29, 1.82) is 0 Å². The summed E-state index contributed by atoms with van der Waals surface area (Å²) in [5, 5.41) is 3.53.